The highest BCUT2D eigenvalue weighted by Crippen LogP contribution is 2.33. The molecule has 0 radical (unpaired) electrons. The van der Waals surface area contributed by atoms with Crippen LogP contribution in [0.1, 0.15) is 6.92 Å². The van der Waals surface area contributed by atoms with E-state index in [9.17, 15) is 49.0 Å². The van der Waals surface area contributed by atoms with Gasteiger partial charge < -0.3 is 64.5 Å². The molecule has 0 aromatic carbocycles. The molecule has 2 saturated heterocycles. The summed E-state index contributed by atoms with van der Waals surface area (Å²) in [6.45, 7) is -0.714. The number of rotatable bonds is 11. The molecule has 0 aromatic rings. The summed E-state index contributed by atoms with van der Waals surface area (Å²) in [6.07, 6.45) is -16.1. The van der Waals surface area contributed by atoms with Crippen LogP contribution in [0.4, 0.5) is 0 Å². The first kappa shape index (κ1) is 32.9. The molecule has 0 bridgehead atoms. The number of carboxylic acid groups (broad SMARTS) is 1. The zero-order valence-corrected chi connectivity index (χ0v) is 21.8. The summed E-state index contributed by atoms with van der Waals surface area (Å²) < 4.78 is 62.2. The van der Waals surface area contributed by atoms with Gasteiger partial charge in [-0.1, -0.05) is 0 Å². The molecule has 3 heterocycles. The molecule has 0 aliphatic carbocycles. The number of ether oxygens (including phenoxy) is 5. The van der Waals surface area contributed by atoms with E-state index in [4.69, 9.17) is 33.3 Å². The monoisotopic (exact) mass is 606 g/mol. The van der Waals surface area contributed by atoms with Crippen LogP contribution in [0.3, 0.4) is 0 Å². The van der Waals surface area contributed by atoms with Crippen LogP contribution in [-0.2, 0) is 43.1 Å². The SMILES string of the molecule is CC1O[C@@H](COCC2[C@H](O)C(CO)OC(O)[C@@H]2CO[C@@H]2OC(C(=O)O)=CC(O)[C@@H]2O)[C@H](O)C(OS(=O)(=O)O)[C@@H]1O. The zero-order chi connectivity index (χ0) is 29.9. The van der Waals surface area contributed by atoms with Gasteiger partial charge in [0, 0.05) is 11.8 Å². The van der Waals surface area contributed by atoms with E-state index < -0.39 is 128 Å². The van der Waals surface area contributed by atoms with Crippen LogP contribution in [0.25, 0.3) is 0 Å². The summed E-state index contributed by atoms with van der Waals surface area (Å²) in [7, 11) is -5.04. The molecule has 13 atom stereocenters. The van der Waals surface area contributed by atoms with Gasteiger partial charge in [-0.3, -0.25) is 4.55 Å². The van der Waals surface area contributed by atoms with Gasteiger partial charge in [0.2, 0.25) is 12.0 Å². The Balaban J connectivity index is 1.67. The number of aliphatic hydroxyl groups excluding tert-OH is 7. The van der Waals surface area contributed by atoms with E-state index in [2.05, 4.69) is 4.18 Å². The zero-order valence-electron chi connectivity index (χ0n) is 21.0. The third-order valence-corrected chi connectivity index (χ3v) is 7.30. The fourth-order valence-electron chi connectivity index (χ4n) is 4.62. The Hall–Kier alpha value is -1.56. The van der Waals surface area contributed by atoms with Gasteiger partial charge in [-0.15, -0.1) is 0 Å². The lowest BCUT2D eigenvalue weighted by molar-refractivity contribution is -0.286. The summed E-state index contributed by atoms with van der Waals surface area (Å²) in [6, 6.07) is 0. The van der Waals surface area contributed by atoms with Crippen LogP contribution in [0.2, 0.25) is 0 Å². The highest BCUT2D eigenvalue weighted by atomic mass is 32.3. The van der Waals surface area contributed by atoms with Crippen molar-refractivity contribution in [1.29, 1.82) is 0 Å². The van der Waals surface area contributed by atoms with Crippen LogP contribution >= 0.6 is 0 Å². The second-order valence-corrected chi connectivity index (χ2v) is 10.6. The number of carboxylic acids is 1. The average molecular weight is 607 g/mol. The van der Waals surface area contributed by atoms with Crippen molar-refractivity contribution in [3.8, 4) is 0 Å². The third kappa shape index (κ3) is 7.83. The number of hydrogen-bond acceptors (Lipinski definition) is 16. The molecule has 3 aliphatic heterocycles. The summed E-state index contributed by atoms with van der Waals surface area (Å²) in [5.41, 5.74) is 0. The lowest BCUT2D eigenvalue weighted by atomic mass is 9.83. The molecular weight excluding hydrogens is 572 g/mol. The molecular formula is C21H34O18S. The largest absolute Gasteiger partial charge is 0.475 e. The van der Waals surface area contributed by atoms with E-state index in [0.29, 0.717) is 0 Å². The van der Waals surface area contributed by atoms with Crippen molar-refractivity contribution in [3.05, 3.63) is 11.8 Å². The first-order valence-electron chi connectivity index (χ1n) is 12.1. The van der Waals surface area contributed by atoms with Crippen molar-refractivity contribution < 1.29 is 86.5 Å². The molecule has 0 amide bonds. The molecule has 3 rings (SSSR count). The summed E-state index contributed by atoms with van der Waals surface area (Å²) >= 11 is 0. The Labute approximate surface area is 227 Å². The molecule has 9 N–H and O–H groups in total. The molecule has 232 valence electrons. The van der Waals surface area contributed by atoms with E-state index in [1.54, 1.807) is 0 Å². The molecule has 40 heavy (non-hydrogen) atoms. The number of aliphatic hydroxyl groups is 7. The standard InChI is InChI=1S/C21H34O18S/c1-7-14(24)18(39-40(31,32)33)17(27)13(36-7)6-34-4-8-9(20(30)37-12(3-22)15(8)25)5-35-21-16(26)10(23)2-11(38-21)19(28)29/h2,7-10,12-18,20-27,30H,3-6H2,1H3,(H,28,29)(H,31,32,33)/t7?,8?,9-,10?,12?,13+,14-,15+,16+,17+,18?,20?,21-/m1/s1. The van der Waals surface area contributed by atoms with E-state index in [0.717, 1.165) is 6.08 Å². The summed E-state index contributed by atoms with van der Waals surface area (Å²) in [4.78, 5) is 11.2. The molecule has 0 aromatic heterocycles. The maximum atomic E-state index is 11.2. The van der Waals surface area contributed by atoms with Gasteiger partial charge in [0.05, 0.1) is 38.6 Å². The molecule has 0 spiro atoms. The van der Waals surface area contributed by atoms with Crippen LogP contribution in [0, 0.1) is 11.8 Å². The highest BCUT2D eigenvalue weighted by molar-refractivity contribution is 7.80. The lowest BCUT2D eigenvalue weighted by Crippen LogP contribution is -2.59. The second-order valence-electron chi connectivity index (χ2n) is 9.59. The fourth-order valence-corrected chi connectivity index (χ4v) is 5.13. The van der Waals surface area contributed by atoms with Gasteiger partial charge in [0.25, 0.3) is 0 Å². The molecule has 18 nitrogen and oxygen atoms in total. The highest BCUT2D eigenvalue weighted by Gasteiger charge is 2.48. The van der Waals surface area contributed by atoms with Gasteiger partial charge in [-0.05, 0) is 13.0 Å². The minimum atomic E-state index is -5.04. The molecule has 0 saturated carbocycles. The van der Waals surface area contributed by atoms with Gasteiger partial charge in [0.15, 0.2) is 6.29 Å². The van der Waals surface area contributed by atoms with E-state index >= 15 is 0 Å². The lowest BCUT2D eigenvalue weighted by Gasteiger charge is -2.44. The van der Waals surface area contributed by atoms with Gasteiger partial charge in [-0.2, -0.15) is 8.42 Å². The topological polar surface area (TPSA) is 289 Å². The minimum absolute atomic E-state index is 0.392. The summed E-state index contributed by atoms with van der Waals surface area (Å²) in [5.74, 6) is -4.40. The van der Waals surface area contributed by atoms with Gasteiger partial charge in [-0.25, -0.2) is 8.98 Å². The Morgan fingerprint density at radius 2 is 1.60 bits per heavy atom. The maximum absolute atomic E-state index is 11.2. The Morgan fingerprint density at radius 1 is 0.925 bits per heavy atom. The van der Waals surface area contributed by atoms with Crippen LogP contribution in [-0.4, -0.2) is 154 Å². The quantitative estimate of drug-likeness (QED) is 0.0995. The van der Waals surface area contributed by atoms with Crippen LogP contribution < -0.4 is 0 Å². The van der Waals surface area contributed by atoms with Crippen LogP contribution in [0.5, 0.6) is 0 Å². The smallest absolute Gasteiger partial charge is 0.397 e. The first-order chi connectivity index (χ1) is 18.6. The van der Waals surface area contributed by atoms with Crippen molar-refractivity contribution in [2.75, 3.05) is 26.4 Å². The second kappa shape index (κ2) is 13.6. The predicted octanol–water partition coefficient (Wildman–Crippen LogP) is -4.93. The average Bonchev–Trinajstić information content (AvgIpc) is 2.87. The molecule has 2 fully saturated rings. The Kier molecular flexibility index (Phi) is 11.2. The Morgan fingerprint density at radius 3 is 2.20 bits per heavy atom. The fraction of sp³-hybridized carbons (Fsp3) is 0.857. The minimum Gasteiger partial charge on any atom is -0.475 e. The van der Waals surface area contributed by atoms with Crippen molar-refractivity contribution in [2.45, 2.75) is 74.4 Å². The van der Waals surface area contributed by atoms with Crippen molar-refractivity contribution >= 4 is 16.4 Å². The number of hydrogen-bond donors (Lipinski definition) is 9. The van der Waals surface area contributed by atoms with E-state index in [1.807, 2.05) is 0 Å². The number of aliphatic carboxylic acids is 1. The van der Waals surface area contributed by atoms with Crippen molar-refractivity contribution in [1.82, 2.24) is 0 Å². The van der Waals surface area contributed by atoms with Crippen LogP contribution in [0.15, 0.2) is 11.8 Å². The van der Waals surface area contributed by atoms with Gasteiger partial charge in [0.1, 0.15) is 42.7 Å². The summed E-state index contributed by atoms with van der Waals surface area (Å²) in [5, 5.41) is 80.4. The normalized spacial score (nSPS) is 42.6. The van der Waals surface area contributed by atoms with Gasteiger partial charge >= 0.3 is 16.4 Å². The Bertz CT molecular complexity index is 990. The molecule has 19 heteroatoms. The third-order valence-electron chi connectivity index (χ3n) is 6.84. The number of carbonyl (C=O) groups is 1. The predicted molar refractivity (Wildman–Crippen MR) is 123 cm³/mol. The first-order valence-corrected chi connectivity index (χ1v) is 13.5. The molecule has 3 aliphatic rings. The van der Waals surface area contributed by atoms with E-state index in [-0.39, 0.29) is 0 Å². The van der Waals surface area contributed by atoms with E-state index in [1.165, 1.54) is 6.92 Å². The van der Waals surface area contributed by atoms with Crippen molar-refractivity contribution in [3.63, 3.8) is 0 Å². The van der Waals surface area contributed by atoms with Crippen molar-refractivity contribution in [2.24, 2.45) is 11.8 Å². The maximum Gasteiger partial charge on any atom is 0.397 e. The molecule has 6 unspecified atom stereocenters.